The summed E-state index contributed by atoms with van der Waals surface area (Å²) in [5.41, 5.74) is 16.1. The third-order valence-electron chi connectivity index (χ3n) is 5.14. The van der Waals surface area contributed by atoms with Gasteiger partial charge in [0.05, 0.1) is 46.8 Å². The van der Waals surface area contributed by atoms with E-state index in [0.29, 0.717) is 51.4 Å². The molecule has 35 heavy (non-hydrogen) atoms. The molecule has 3 aromatic carbocycles. The molecule has 4 aromatic rings. The predicted molar refractivity (Wildman–Crippen MR) is 134 cm³/mol. The molecule has 0 saturated heterocycles. The fourth-order valence-corrected chi connectivity index (χ4v) is 3.39. The first-order valence-corrected chi connectivity index (χ1v) is 10.5. The Kier molecular flexibility index (Phi) is 6.54. The number of alkyl halides is 3. The van der Waals surface area contributed by atoms with Crippen LogP contribution in [0.4, 0.5) is 58.7 Å². The molecule has 180 valence electrons. The van der Waals surface area contributed by atoms with Gasteiger partial charge in [0.2, 0.25) is 5.88 Å². The number of hydrogen-bond acceptors (Lipinski definition) is 7. The highest BCUT2D eigenvalue weighted by Crippen LogP contribution is 2.37. The van der Waals surface area contributed by atoms with Gasteiger partial charge in [-0.15, -0.1) is 0 Å². The first-order valence-electron chi connectivity index (χ1n) is 10.5. The number of nitrogen functional groups attached to an aromatic ring is 2. The molecule has 1 heterocycles. The van der Waals surface area contributed by atoms with Crippen LogP contribution in [0, 0.1) is 0 Å². The lowest BCUT2D eigenvalue weighted by Crippen LogP contribution is -2.05. The van der Waals surface area contributed by atoms with Crippen molar-refractivity contribution >= 4 is 45.5 Å². The highest BCUT2D eigenvalue weighted by molar-refractivity contribution is 5.88. The number of para-hydroxylation sites is 2. The average Bonchev–Trinajstić information content (AvgIpc) is 2.83. The number of ether oxygens (including phenoxy) is 1. The molecule has 7 N–H and O–H groups in total. The Hall–Kier alpha value is -4.60. The number of aromatic nitrogens is 1. The molecule has 1 aromatic heterocycles. The van der Waals surface area contributed by atoms with E-state index in [9.17, 15) is 13.2 Å². The van der Waals surface area contributed by atoms with Crippen molar-refractivity contribution < 1.29 is 17.9 Å². The Labute approximate surface area is 199 Å². The molecule has 0 atom stereocenters. The minimum Gasteiger partial charge on any atom is -0.480 e. The Morgan fingerprint density at radius 3 is 1.89 bits per heavy atom. The Bertz CT molecular complexity index is 1330. The summed E-state index contributed by atoms with van der Waals surface area (Å²) in [6.45, 7) is 0. The Morgan fingerprint density at radius 2 is 1.29 bits per heavy atom. The van der Waals surface area contributed by atoms with Crippen LogP contribution in [0.1, 0.15) is 5.56 Å². The smallest absolute Gasteiger partial charge is 0.416 e. The van der Waals surface area contributed by atoms with Crippen LogP contribution < -0.4 is 32.2 Å². The second-order valence-corrected chi connectivity index (χ2v) is 7.58. The molecule has 0 aliphatic heterocycles. The van der Waals surface area contributed by atoms with Crippen molar-refractivity contribution in [2.45, 2.75) is 6.18 Å². The minimum absolute atomic E-state index is 0.407. The summed E-state index contributed by atoms with van der Waals surface area (Å²) >= 11 is 0. The van der Waals surface area contributed by atoms with Gasteiger partial charge in [-0.3, -0.25) is 0 Å². The molecule has 0 amide bonds. The summed E-state index contributed by atoms with van der Waals surface area (Å²) in [7, 11) is 1.52. The molecule has 10 heteroatoms. The van der Waals surface area contributed by atoms with Gasteiger partial charge in [-0.2, -0.15) is 13.2 Å². The fourth-order valence-electron chi connectivity index (χ4n) is 3.39. The average molecular weight is 480 g/mol. The zero-order chi connectivity index (χ0) is 25.0. The molecule has 0 radical (unpaired) electrons. The van der Waals surface area contributed by atoms with Crippen LogP contribution >= 0.6 is 0 Å². The predicted octanol–water partition coefficient (Wildman–Crippen LogP) is 6.50. The highest BCUT2D eigenvalue weighted by Gasteiger charge is 2.29. The lowest BCUT2D eigenvalue weighted by Gasteiger charge is -2.18. The molecule has 0 saturated carbocycles. The SMILES string of the molecule is COc1ncccc1Nc1cc(Nc2ccccc2Nc2ccc(C(F)(F)F)cc2)c(N)cc1N. The van der Waals surface area contributed by atoms with Crippen molar-refractivity contribution in [2.24, 2.45) is 0 Å². The maximum absolute atomic E-state index is 12.9. The monoisotopic (exact) mass is 480 g/mol. The summed E-state index contributed by atoms with van der Waals surface area (Å²) in [5, 5.41) is 9.61. The number of nitrogens with zero attached hydrogens (tertiary/aromatic N) is 1. The molecule has 0 bridgehead atoms. The zero-order valence-corrected chi connectivity index (χ0v) is 18.6. The van der Waals surface area contributed by atoms with Gasteiger partial charge in [-0.25, -0.2) is 4.98 Å². The molecule has 0 spiro atoms. The number of hydrogen-bond donors (Lipinski definition) is 5. The van der Waals surface area contributed by atoms with E-state index in [2.05, 4.69) is 20.9 Å². The maximum atomic E-state index is 12.9. The van der Waals surface area contributed by atoms with Gasteiger partial charge in [0, 0.05) is 11.9 Å². The number of nitrogens with one attached hydrogen (secondary N) is 3. The van der Waals surface area contributed by atoms with Gasteiger partial charge in [0.1, 0.15) is 5.69 Å². The van der Waals surface area contributed by atoms with E-state index < -0.39 is 11.7 Å². The Balaban J connectivity index is 1.59. The van der Waals surface area contributed by atoms with Crippen molar-refractivity contribution in [1.82, 2.24) is 4.98 Å². The summed E-state index contributed by atoms with van der Waals surface area (Å²) in [5.74, 6) is 0.407. The van der Waals surface area contributed by atoms with Crippen LogP contribution in [-0.2, 0) is 6.18 Å². The normalized spacial score (nSPS) is 11.1. The molecule has 7 nitrogen and oxygen atoms in total. The van der Waals surface area contributed by atoms with E-state index >= 15 is 0 Å². The van der Waals surface area contributed by atoms with E-state index in [-0.39, 0.29) is 0 Å². The molecule has 4 rings (SSSR count). The van der Waals surface area contributed by atoms with Crippen LogP contribution in [0.25, 0.3) is 0 Å². The van der Waals surface area contributed by atoms with E-state index in [1.807, 2.05) is 18.2 Å². The Morgan fingerprint density at radius 1 is 0.714 bits per heavy atom. The third-order valence-corrected chi connectivity index (χ3v) is 5.14. The maximum Gasteiger partial charge on any atom is 0.416 e. The van der Waals surface area contributed by atoms with Gasteiger partial charge >= 0.3 is 6.18 Å². The van der Waals surface area contributed by atoms with Gasteiger partial charge in [0.25, 0.3) is 0 Å². The lowest BCUT2D eigenvalue weighted by molar-refractivity contribution is -0.137. The summed E-state index contributed by atoms with van der Waals surface area (Å²) in [6.07, 6.45) is -2.78. The van der Waals surface area contributed by atoms with Crippen molar-refractivity contribution in [3.63, 3.8) is 0 Å². The van der Waals surface area contributed by atoms with Crippen LogP contribution in [0.15, 0.2) is 79.0 Å². The number of halogens is 3. The van der Waals surface area contributed by atoms with Crippen LogP contribution in [-0.4, -0.2) is 12.1 Å². The van der Waals surface area contributed by atoms with Crippen LogP contribution in [0.3, 0.4) is 0 Å². The first-order chi connectivity index (χ1) is 16.7. The largest absolute Gasteiger partial charge is 0.480 e. The van der Waals surface area contributed by atoms with E-state index in [0.717, 1.165) is 12.1 Å². The van der Waals surface area contributed by atoms with Gasteiger partial charge < -0.3 is 32.2 Å². The number of rotatable bonds is 7. The van der Waals surface area contributed by atoms with Gasteiger partial charge in [0.15, 0.2) is 0 Å². The van der Waals surface area contributed by atoms with E-state index in [1.165, 1.54) is 19.2 Å². The van der Waals surface area contributed by atoms with E-state index in [1.54, 1.807) is 36.5 Å². The highest BCUT2D eigenvalue weighted by atomic mass is 19.4. The number of anilines is 8. The second kappa shape index (κ2) is 9.72. The molecule has 0 fully saturated rings. The first kappa shape index (κ1) is 23.6. The van der Waals surface area contributed by atoms with Crippen molar-refractivity contribution in [2.75, 3.05) is 34.5 Å². The summed E-state index contributed by atoms with van der Waals surface area (Å²) in [6, 6.07) is 19.0. The van der Waals surface area contributed by atoms with E-state index in [4.69, 9.17) is 16.2 Å². The lowest BCUT2D eigenvalue weighted by atomic mass is 10.1. The van der Waals surface area contributed by atoms with Crippen LogP contribution in [0.2, 0.25) is 0 Å². The minimum atomic E-state index is -4.39. The zero-order valence-electron chi connectivity index (χ0n) is 18.6. The van der Waals surface area contributed by atoms with Crippen LogP contribution in [0.5, 0.6) is 5.88 Å². The quantitative estimate of drug-likeness (QED) is 0.192. The third kappa shape index (κ3) is 5.49. The van der Waals surface area contributed by atoms with Crippen molar-refractivity contribution in [3.8, 4) is 5.88 Å². The number of methoxy groups -OCH3 is 1. The fraction of sp³-hybridized carbons (Fsp3) is 0.0800. The molecule has 0 aliphatic rings. The molecule has 0 unspecified atom stereocenters. The topological polar surface area (TPSA) is 110 Å². The molecule has 0 aliphatic carbocycles. The summed E-state index contributed by atoms with van der Waals surface area (Å²) < 4.78 is 43.9. The number of nitrogens with two attached hydrogens (primary N) is 2. The summed E-state index contributed by atoms with van der Waals surface area (Å²) in [4.78, 5) is 4.16. The van der Waals surface area contributed by atoms with Crippen molar-refractivity contribution in [1.29, 1.82) is 0 Å². The second-order valence-electron chi connectivity index (χ2n) is 7.58. The molecular weight excluding hydrogens is 457 g/mol. The van der Waals surface area contributed by atoms with Gasteiger partial charge in [-0.05, 0) is 60.7 Å². The van der Waals surface area contributed by atoms with Gasteiger partial charge in [-0.1, -0.05) is 12.1 Å². The number of benzene rings is 3. The molecular formula is C25H23F3N6O. The standard InChI is InChI=1S/C25H23F3N6O/c1-35-24-21(7-4-12-31-24)34-23-14-22(17(29)13-18(23)30)33-20-6-3-2-5-19(20)32-16-10-8-15(9-11-16)25(26,27)28/h2-14,32-34H,29-30H2,1H3. The number of pyridine rings is 1. The van der Waals surface area contributed by atoms with Crippen molar-refractivity contribution in [3.05, 3.63) is 84.6 Å².